The zero-order valence-corrected chi connectivity index (χ0v) is 15.3. The molecule has 2 aromatic carbocycles. The molecule has 0 radical (unpaired) electrons. The molecular weight excluding hydrogens is 386 g/mol. The van der Waals surface area contributed by atoms with Crippen LogP contribution in [-0.2, 0) is 0 Å². The number of hydrogen-bond acceptors (Lipinski definition) is 4. The maximum atomic E-state index is 12.3. The molecule has 1 heterocycles. The zero-order chi connectivity index (χ0) is 16.9. The van der Waals surface area contributed by atoms with Gasteiger partial charge < -0.3 is 0 Å². The largest absolute Gasteiger partial charge is 0.283 e. The molecule has 0 spiro atoms. The number of amides is 1. The van der Waals surface area contributed by atoms with E-state index in [0.717, 1.165) is 20.6 Å². The van der Waals surface area contributed by atoms with Gasteiger partial charge in [0.25, 0.3) is 5.91 Å². The Bertz CT molecular complexity index is 890. The van der Waals surface area contributed by atoms with Gasteiger partial charge in [0.05, 0.1) is 11.9 Å². The van der Waals surface area contributed by atoms with Crippen molar-refractivity contribution in [3.05, 3.63) is 75.2 Å². The summed E-state index contributed by atoms with van der Waals surface area (Å²) >= 11 is 4.76. The Morgan fingerprint density at radius 3 is 2.75 bits per heavy atom. The van der Waals surface area contributed by atoms with Crippen molar-refractivity contribution < 1.29 is 4.79 Å². The quantitative estimate of drug-likeness (QED) is 0.512. The van der Waals surface area contributed by atoms with Crippen molar-refractivity contribution in [2.45, 2.75) is 6.92 Å². The van der Waals surface area contributed by atoms with Crippen LogP contribution < -0.4 is 5.43 Å². The molecule has 0 aliphatic carbocycles. The molecule has 0 saturated heterocycles. The molecule has 3 rings (SSSR count). The lowest BCUT2D eigenvalue weighted by molar-refractivity contribution is 0.0958. The number of carbonyl (C=O) groups excluding carboxylic acids is 1. The molecule has 0 saturated carbocycles. The van der Waals surface area contributed by atoms with Gasteiger partial charge in [-0.1, -0.05) is 58.4 Å². The maximum Gasteiger partial charge on any atom is 0.283 e. The van der Waals surface area contributed by atoms with Gasteiger partial charge in [-0.05, 0) is 24.6 Å². The highest BCUT2D eigenvalue weighted by atomic mass is 79.9. The Kier molecular flexibility index (Phi) is 5.17. The normalized spacial score (nSPS) is 10.9. The fraction of sp³-hybridized carbons (Fsp3) is 0.0556. The third kappa shape index (κ3) is 3.96. The number of thiazole rings is 1. The summed E-state index contributed by atoms with van der Waals surface area (Å²) in [5.41, 5.74) is 5.16. The van der Waals surface area contributed by atoms with Crippen LogP contribution in [0.4, 0.5) is 0 Å². The Labute approximate surface area is 152 Å². The number of nitrogens with zero attached hydrogens (tertiary/aromatic N) is 2. The van der Waals surface area contributed by atoms with E-state index in [4.69, 9.17) is 0 Å². The first-order valence-electron chi connectivity index (χ1n) is 7.25. The van der Waals surface area contributed by atoms with E-state index in [0.29, 0.717) is 10.6 Å². The van der Waals surface area contributed by atoms with Crippen molar-refractivity contribution in [2.24, 2.45) is 5.10 Å². The lowest BCUT2D eigenvalue weighted by atomic mass is 10.2. The summed E-state index contributed by atoms with van der Waals surface area (Å²) < 4.78 is 0.962. The van der Waals surface area contributed by atoms with Gasteiger partial charge in [0, 0.05) is 10.0 Å². The number of aryl methyl sites for hydroxylation is 1. The van der Waals surface area contributed by atoms with Crippen molar-refractivity contribution in [2.75, 3.05) is 0 Å². The Morgan fingerprint density at radius 1 is 1.21 bits per heavy atom. The van der Waals surface area contributed by atoms with Gasteiger partial charge >= 0.3 is 0 Å². The second kappa shape index (κ2) is 7.51. The van der Waals surface area contributed by atoms with Gasteiger partial charge in [0.2, 0.25) is 0 Å². The molecule has 120 valence electrons. The Balaban J connectivity index is 1.73. The van der Waals surface area contributed by atoms with E-state index in [1.54, 1.807) is 6.21 Å². The second-order valence-corrected chi connectivity index (χ2v) is 6.97. The zero-order valence-electron chi connectivity index (χ0n) is 12.9. The highest BCUT2D eigenvalue weighted by Crippen LogP contribution is 2.27. The number of rotatable bonds is 4. The summed E-state index contributed by atoms with van der Waals surface area (Å²) in [6, 6.07) is 17.5. The van der Waals surface area contributed by atoms with Gasteiger partial charge in [-0.3, -0.25) is 4.79 Å². The molecule has 0 aliphatic heterocycles. The van der Waals surface area contributed by atoms with Gasteiger partial charge in [-0.2, -0.15) is 5.10 Å². The Morgan fingerprint density at radius 2 is 2.00 bits per heavy atom. The van der Waals surface area contributed by atoms with E-state index in [1.165, 1.54) is 11.3 Å². The number of halogens is 1. The van der Waals surface area contributed by atoms with Gasteiger partial charge in [-0.25, -0.2) is 10.4 Å². The molecule has 0 fully saturated rings. The van der Waals surface area contributed by atoms with E-state index in [1.807, 2.05) is 61.5 Å². The third-order valence-electron chi connectivity index (χ3n) is 3.25. The SMILES string of the molecule is Cc1nc(-c2ccccc2)sc1C(=O)N/N=C/c1cccc(Br)c1. The first kappa shape index (κ1) is 16.5. The average Bonchev–Trinajstić information content (AvgIpc) is 2.98. The molecule has 1 aromatic heterocycles. The van der Waals surface area contributed by atoms with Crippen LogP contribution in [0.3, 0.4) is 0 Å². The van der Waals surface area contributed by atoms with E-state index >= 15 is 0 Å². The van der Waals surface area contributed by atoms with Gasteiger partial charge in [0.1, 0.15) is 9.88 Å². The van der Waals surface area contributed by atoms with E-state index in [-0.39, 0.29) is 5.91 Å². The molecule has 4 nitrogen and oxygen atoms in total. The summed E-state index contributed by atoms with van der Waals surface area (Å²) in [6.07, 6.45) is 1.61. The van der Waals surface area contributed by atoms with Crippen LogP contribution in [0, 0.1) is 6.92 Å². The second-order valence-electron chi connectivity index (χ2n) is 5.05. The molecule has 6 heteroatoms. The highest BCUT2D eigenvalue weighted by Gasteiger charge is 2.15. The molecule has 0 bridgehead atoms. The Hall–Kier alpha value is -2.31. The first-order chi connectivity index (χ1) is 11.6. The van der Waals surface area contributed by atoms with Crippen LogP contribution in [0.15, 0.2) is 64.2 Å². The number of benzene rings is 2. The summed E-state index contributed by atoms with van der Waals surface area (Å²) in [5.74, 6) is -0.251. The first-order valence-corrected chi connectivity index (χ1v) is 8.86. The highest BCUT2D eigenvalue weighted by molar-refractivity contribution is 9.10. The standard InChI is InChI=1S/C18H14BrN3OS/c1-12-16(24-18(21-12)14-7-3-2-4-8-14)17(23)22-20-11-13-6-5-9-15(19)10-13/h2-11H,1H3,(H,22,23)/b20-11+. The molecule has 3 aromatic rings. The van der Waals surface area contributed by atoms with Gasteiger partial charge in [-0.15, -0.1) is 11.3 Å². The van der Waals surface area contributed by atoms with Crippen molar-refractivity contribution in [1.82, 2.24) is 10.4 Å². The van der Waals surface area contributed by atoms with Crippen LogP contribution in [-0.4, -0.2) is 17.1 Å². The smallest absolute Gasteiger partial charge is 0.266 e. The van der Waals surface area contributed by atoms with E-state index < -0.39 is 0 Å². The number of hydrogen-bond donors (Lipinski definition) is 1. The van der Waals surface area contributed by atoms with Crippen LogP contribution in [0.25, 0.3) is 10.6 Å². The van der Waals surface area contributed by atoms with Crippen LogP contribution >= 0.6 is 27.3 Å². The summed E-state index contributed by atoms with van der Waals surface area (Å²) in [7, 11) is 0. The lowest BCUT2D eigenvalue weighted by Gasteiger charge is -1.97. The van der Waals surface area contributed by atoms with E-state index in [9.17, 15) is 4.79 Å². The topological polar surface area (TPSA) is 54.4 Å². The van der Waals surface area contributed by atoms with Crippen molar-refractivity contribution in [3.8, 4) is 10.6 Å². The number of carbonyl (C=O) groups is 1. The minimum Gasteiger partial charge on any atom is -0.266 e. The number of hydrazone groups is 1. The fourth-order valence-corrected chi connectivity index (χ4v) is 3.49. The van der Waals surface area contributed by atoms with Crippen molar-refractivity contribution >= 4 is 39.4 Å². The fourth-order valence-electron chi connectivity index (χ4n) is 2.11. The van der Waals surface area contributed by atoms with E-state index in [2.05, 4.69) is 31.4 Å². The minimum absolute atomic E-state index is 0.251. The van der Waals surface area contributed by atoms with Crippen molar-refractivity contribution in [1.29, 1.82) is 0 Å². The monoisotopic (exact) mass is 399 g/mol. The lowest BCUT2D eigenvalue weighted by Crippen LogP contribution is -2.17. The molecular formula is C18H14BrN3OS. The third-order valence-corrected chi connectivity index (χ3v) is 4.95. The summed E-state index contributed by atoms with van der Waals surface area (Å²) in [4.78, 5) is 17.4. The van der Waals surface area contributed by atoms with Crippen LogP contribution in [0.1, 0.15) is 20.9 Å². The number of aromatic nitrogens is 1. The molecule has 1 amide bonds. The van der Waals surface area contributed by atoms with Gasteiger partial charge in [0.15, 0.2) is 0 Å². The maximum absolute atomic E-state index is 12.3. The van der Waals surface area contributed by atoms with Crippen molar-refractivity contribution in [3.63, 3.8) is 0 Å². The predicted molar refractivity (Wildman–Crippen MR) is 101 cm³/mol. The van der Waals surface area contributed by atoms with Crippen LogP contribution in [0.5, 0.6) is 0 Å². The summed E-state index contributed by atoms with van der Waals surface area (Å²) in [5, 5.41) is 4.84. The molecule has 24 heavy (non-hydrogen) atoms. The minimum atomic E-state index is -0.251. The van der Waals surface area contributed by atoms with Crippen LogP contribution in [0.2, 0.25) is 0 Å². The molecule has 0 unspecified atom stereocenters. The molecule has 1 N–H and O–H groups in total. The molecule has 0 aliphatic rings. The molecule has 0 atom stereocenters. The number of nitrogens with one attached hydrogen (secondary N) is 1. The average molecular weight is 400 g/mol. The summed E-state index contributed by atoms with van der Waals surface area (Å²) in [6.45, 7) is 1.83. The predicted octanol–water partition coefficient (Wildman–Crippen LogP) is 4.64.